The average Bonchev–Trinajstić information content (AvgIpc) is 1.92. The van der Waals surface area contributed by atoms with Gasteiger partial charge in [-0.2, -0.15) is 0 Å². The maximum atomic E-state index is 3.71. The largest absolute Gasteiger partial charge is 0.303 e. The van der Waals surface area contributed by atoms with E-state index in [1.54, 1.807) is 0 Å². The van der Waals surface area contributed by atoms with E-state index in [4.69, 9.17) is 0 Å². The van der Waals surface area contributed by atoms with Crippen molar-refractivity contribution in [2.24, 2.45) is 11.8 Å². The van der Waals surface area contributed by atoms with Crippen molar-refractivity contribution in [2.75, 3.05) is 12.3 Å². The lowest BCUT2D eigenvalue weighted by Gasteiger charge is -2.46. The predicted molar refractivity (Wildman–Crippen MR) is 55.4 cm³/mol. The van der Waals surface area contributed by atoms with E-state index in [2.05, 4.69) is 30.9 Å². The molecule has 0 amide bonds. The molecule has 0 aromatic carbocycles. The Morgan fingerprint density at radius 3 is 2.58 bits per heavy atom. The van der Waals surface area contributed by atoms with Crippen molar-refractivity contribution in [3.05, 3.63) is 0 Å². The topological polar surface area (TPSA) is 12.0 Å². The number of hydrogen-bond donors (Lipinski definition) is 1. The standard InChI is InChI=1S/C10H19NS/c1-8-6-11-10(2,12-7-8)9-4-3-5-9/h8-9,11H,3-7H2,1-2H3. The van der Waals surface area contributed by atoms with Crippen molar-refractivity contribution in [1.82, 2.24) is 5.32 Å². The van der Waals surface area contributed by atoms with Gasteiger partial charge in [0.15, 0.2) is 0 Å². The lowest BCUT2D eigenvalue weighted by Crippen LogP contribution is -2.53. The van der Waals surface area contributed by atoms with Gasteiger partial charge in [0.25, 0.3) is 0 Å². The van der Waals surface area contributed by atoms with Crippen LogP contribution < -0.4 is 5.32 Å². The highest BCUT2D eigenvalue weighted by molar-refractivity contribution is 8.00. The van der Waals surface area contributed by atoms with Crippen LogP contribution in [0.4, 0.5) is 0 Å². The molecule has 1 saturated heterocycles. The fourth-order valence-electron chi connectivity index (χ4n) is 2.02. The van der Waals surface area contributed by atoms with Gasteiger partial charge in [0.05, 0.1) is 4.87 Å². The third-order valence-electron chi connectivity index (χ3n) is 3.35. The summed E-state index contributed by atoms with van der Waals surface area (Å²) in [5, 5.41) is 3.71. The molecule has 1 N–H and O–H groups in total. The van der Waals surface area contributed by atoms with Gasteiger partial charge in [-0.05, 0) is 43.9 Å². The van der Waals surface area contributed by atoms with Gasteiger partial charge in [0.1, 0.15) is 0 Å². The van der Waals surface area contributed by atoms with Gasteiger partial charge in [-0.15, -0.1) is 11.8 Å². The summed E-state index contributed by atoms with van der Waals surface area (Å²) in [7, 11) is 0. The lowest BCUT2D eigenvalue weighted by molar-refractivity contribution is 0.206. The highest BCUT2D eigenvalue weighted by Gasteiger charge is 2.40. The van der Waals surface area contributed by atoms with Crippen molar-refractivity contribution < 1.29 is 0 Å². The summed E-state index contributed by atoms with van der Waals surface area (Å²) in [6.45, 7) is 5.95. The third kappa shape index (κ3) is 1.51. The minimum absolute atomic E-state index is 0.421. The second-order valence-corrected chi connectivity index (χ2v) is 6.00. The molecule has 0 spiro atoms. The fraction of sp³-hybridized carbons (Fsp3) is 1.00. The fourth-order valence-corrected chi connectivity index (χ4v) is 3.43. The highest BCUT2D eigenvalue weighted by atomic mass is 32.2. The Kier molecular flexibility index (Phi) is 2.39. The van der Waals surface area contributed by atoms with Crippen LogP contribution in [0.3, 0.4) is 0 Å². The molecule has 0 radical (unpaired) electrons. The van der Waals surface area contributed by atoms with E-state index in [1.807, 2.05) is 0 Å². The quantitative estimate of drug-likeness (QED) is 0.673. The van der Waals surface area contributed by atoms with E-state index in [0.717, 1.165) is 11.8 Å². The first-order valence-electron chi connectivity index (χ1n) is 5.10. The number of thioether (sulfide) groups is 1. The molecular weight excluding hydrogens is 166 g/mol. The lowest BCUT2D eigenvalue weighted by atomic mass is 9.79. The summed E-state index contributed by atoms with van der Waals surface area (Å²) in [5.74, 6) is 3.16. The van der Waals surface area contributed by atoms with Crippen molar-refractivity contribution in [2.45, 2.75) is 38.0 Å². The summed E-state index contributed by atoms with van der Waals surface area (Å²) in [5.41, 5.74) is 0. The molecule has 2 rings (SSSR count). The Hall–Kier alpha value is 0.310. The zero-order chi connectivity index (χ0) is 8.60. The maximum Gasteiger partial charge on any atom is 0.0645 e. The van der Waals surface area contributed by atoms with Gasteiger partial charge >= 0.3 is 0 Å². The first-order chi connectivity index (χ1) is 5.71. The Labute approximate surface area is 79.7 Å². The Bertz CT molecular complexity index is 157. The van der Waals surface area contributed by atoms with Crippen LogP contribution in [-0.2, 0) is 0 Å². The molecule has 2 aliphatic rings. The summed E-state index contributed by atoms with van der Waals surface area (Å²) >= 11 is 2.15. The molecule has 12 heavy (non-hydrogen) atoms. The van der Waals surface area contributed by atoms with Crippen LogP contribution in [0.25, 0.3) is 0 Å². The maximum absolute atomic E-state index is 3.71. The first-order valence-corrected chi connectivity index (χ1v) is 6.08. The molecule has 0 bridgehead atoms. The second kappa shape index (κ2) is 3.22. The second-order valence-electron chi connectivity index (χ2n) is 4.53. The van der Waals surface area contributed by atoms with E-state index in [-0.39, 0.29) is 0 Å². The van der Waals surface area contributed by atoms with E-state index < -0.39 is 0 Å². The minimum atomic E-state index is 0.421. The van der Waals surface area contributed by atoms with E-state index in [0.29, 0.717) is 4.87 Å². The van der Waals surface area contributed by atoms with Crippen LogP contribution in [0.2, 0.25) is 0 Å². The predicted octanol–water partition coefficient (Wildman–Crippen LogP) is 2.48. The molecule has 2 unspecified atom stereocenters. The smallest absolute Gasteiger partial charge is 0.0645 e. The summed E-state index contributed by atoms with van der Waals surface area (Å²) in [4.78, 5) is 0.421. The van der Waals surface area contributed by atoms with Gasteiger partial charge in [-0.3, -0.25) is 0 Å². The molecule has 0 aromatic rings. The average molecular weight is 185 g/mol. The summed E-state index contributed by atoms with van der Waals surface area (Å²) in [6.07, 6.45) is 4.35. The van der Waals surface area contributed by atoms with Crippen LogP contribution in [0.15, 0.2) is 0 Å². The first kappa shape index (κ1) is 8.89. The van der Waals surface area contributed by atoms with Crippen LogP contribution in [0.1, 0.15) is 33.1 Å². The van der Waals surface area contributed by atoms with Crippen LogP contribution in [0, 0.1) is 11.8 Å². The minimum Gasteiger partial charge on any atom is -0.303 e. The summed E-state index contributed by atoms with van der Waals surface area (Å²) < 4.78 is 0. The van der Waals surface area contributed by atoms with Gasteiger partial charge in [0, 0.05) is 0 Å². The molecular formula is C10H19NS. The van der Waals surface area contributed by atoms with Gasteiger partial charge in [-0.1, -0.05) is 13.3 Å². The van der Waals surface area contributed by atoms with Gasteiger partial charge in [-0.25, -0.2) is 0 Å². The number of rotatable bonds is 1. The molecule has 0 aromatic heterocycles. The zero-order valence-corrected chi connectivity index (χ0v) is 8.91. The number of nitrogens with one attached hydrogen (secondary N) is 1. The van der Waals surface area contributed by atoms with Crippen molar-refractivity contribution >= 4 is 11.8 Å². The number of hydrogen-bond acceptors (Lipinski definition) is 2. The molecule has 1 saturated carbocycles. The third-order valence-corrected chi connectivity index (χ3v) is 5.17. The molecule has 2 fully saturated rings. The van der Waals surface area contributed by atoms with Crippen molar-refractivity contribution in [3.8, 4) is 0 Å². The molecule has 1 aliphatic heterocycles. The van der Waals surface area contributed by atoms with E-state index in [9.17, 15) is 0 Å². The van der Waals surface area contributed by atoms with Crippen molar-refractivity contribution in [1.29, 1.82) is 0 Å². The van der Waals surface area contributed by atoms with Crippen LogP contribution >= 0.6 is 11.8 Å². The van der Waals surface area contributed by atoms with Gasteiger partial charge in [0.2, 0.25) is 0 Å². The molecule has 2 atom stereocenters. The van der Waals surface area contributed by atoms with Gasteiger partial charge < -0.3 is 5.32 Å². The Balaban J connectivity index is 1.92. The molecule has 1 heterocycles. The van der Waals surface area contributed by atoms with E-state index in [1.165, 1.54) is 31.6 Å². The SMILES string of the molecule is CC1CNC(C)(C2CCC2)SC1. The monoisotopic (exact) mass is 185 g/mol. The molecule has 1 nitrogen and oxygen atoms in total. The highest BCUT2D eigenvalue weighted by Crippen LogP contribution is 2.44. The Morgan fingerprint density at radius 2 is 2.17 bits per heavy atom. The summed E-state index contributed by atoms with van der Waals surface area (Å²) in [6, 6.07) is 0. The van der Waals surface area contributed by atoms with Crippen LogP contribution in [0.5, 0.6) is 0 Å². The molecule has 2 heteroatoms. The van der Waals surface area contributed by atoms with E-state index >= 15 is 0 Å². The molecule has 1 aliphatic carbocycles. The van der Waals surface area contributed by atoms with Crippen molar-refractivity contribution in [3.63, 3.8) is 0 Å². The normalized spacial score (nSPS) is 44.0. The molecule has 70 valence electrons. The zero-order valence-electron chi connectivity index (χ0n) is 8.10. The Morgan fingerprint density at radius 1 is 1.42 bits per heavy atom. The van der Waals surface area contributed by atoms with Crippen LogP contribution in [-0.4, -0.2) is 17.2 Å².